The number of nitrogens with one attached hydrogen (secondary N) is 3. The number of aromatic nitrogens is 3. The van der Waals surface area contributed by atoms with E-state index in [-0.39, 0.29) is 12.5 Å². The first-order chi connectivity index (χ1) is 11.8. The van der Waals surface area contributed by atoms with Crippen LogP contribution in [0.5, 0.6) is 0 Å². The quantitative estimate of drug-likeness (QED) is 0.426. The standard InChI is InChI=1S/C18H18N4O2/c23-8-2-1-7-19-18(24)11-4-6-15-14(9-11)13-5-3-12-10-20-22-16(12)17(13)21-15/h3-6,9-10,20,22-23H,1-2,7-8H2,(H,19,24). The van der Waals surface area contributed by atoms with Crippen LogP contribution in [-0.2, 0) is 0 Å². The average molecular weight is 322 g/mol. The highest BCUT2D eigenvalue weighted by molar-refractivity contribution is 6.16. The third kappa shape index (κ3) is 2.41. The molecule has 0 saturated heterocycles. The molecule has 0 saturated carbocycles. The Bertz CT molecular complexity index is 1030. The van der Waals surface area contributed by atoms with Gasteiger partial charge in [0, 0.05) is 41.1 Å². The molecule has 0 unspecified atom stereocenters. The Morgan fingerprint density at radius 1 is 1.17 bits per heavy atom. The maximum Gasteiger partial charge on any atom is 0.251 e. The number of nitrogens with zero attached hydrogens (tertiary/aromatic N) is 1. The largest absolute Gasteiger partial charge is 0.396 e. The fourth-order valence-corrected chi connectivity index (χ4v) is 3.03. The molecule has 0 atom stereocenters. The molecule has 0 aliphatic heterocycles. The number of amides is 1. The molecule has 4 rings (SSSR count). The summed E-state index contributed by atoms with van der Waals surface area (Å²) < 4.78 is 0. The number of hydrogen-bond donors (Lipinski definition) is 4. The molecule has 122 valence electrons. The predicted octanol–water partition coefficient (Wildman–Crippen LogP) is 2.70. The fourth-order valence-electron chi connectivity index (χ4n) is 3.03. The van der Waals surface area contributed by atoms with Crippen LogP contribution >= 0.6 is 0 Å². The van der Waals surface area contributed by atoms with E-state index in [1.165, 1.54) is 0 Å². The lowest BCUT2D eigenvalue weighted by Gasteiger charge is -2.04. The number of carbonyl (C=O) groups excluding carboxylic acids is 1. The SMILES string of the molecule is O=C(NCCCCO)c1ccc2nc3c(ccc4c[nH][nH]c43)c2c1. The Labute approximate surface area is 137 Å². The van der Waals surface area contributed by atoms with E-state index in [0.717, 1.165) is 39.1 Å². The summed E-state index contributed by atoms with van der Waals surface area (Å²) in [6, 6.07) is 9.65. The van der Waals surface area contributed by atoms with Crippen molar-refractivity contribution >= 4 is 38.6 Å². The molecule has 2 aromatic heterocycles. The van der Waals surface area contributed by atoms with Gasteiger partial charge in [0.2, 0.25) is 0 Å². The lowest BCUT2D eigenvalue weighted by atomic mass is 10.1. The summed E-state index contributed by atoms with van der Waals surface area (Å²) >= 11 is 0. The molecule has 4 aromatic rings. The van der Waals surface area contributed by atoms with Gasteiger partial charge < -0.3 is 15.5 Å². The third-order valence-corrected chi connectivity index (χ3v) is 4.29. The summed E-state index contributed by atoms with van der Waals surface area (Å²) in [6.07, 6.45) is 3.37. The van der Waals surface area contributed by atoms with E-state index >= 15 is 0 Å². The smallest absolute Gasteiger partial charge is 0.251 e. The first-order valence-electron chi connectivity index (χ1n) is 8.05. The second kappa shape index (κ2) is 5.98. The van der Waals surface area contributed by atoms with Crippen molar-refractivity contribution in [2.45, 2.75) is 12.8 Å². The Balaban J connectivity index is 1.71. The van der Waals surface area contributed by atoms with Crippen LogP contribution in [0.4, 0.5) is 0 Å². The topological polar surface area (TPSA) is 93.8 Å². The minimum Gasteiger partial charge on any atom is -0.396 e. The first kappa shape index (κ1) is 14.7. The van der Waals surface area contributed by atoms with Crippen LogP contribution in [-0.4, -0.2) is 39.3 Å². The van der Waals surface area contributed by atoms with Crippen LogP contribution in [0.25, 0.3) is 32.7 Å². The van der Waals surface area contributed by atoms with Crippen molar-refractivity contribution in [1.29, 1.82) is 0 Å². The fraction of sp³-hybridized carbons (Fsp3) is 0.222. The molecule has 0 spiro atoms. The molecule has 0 bridgehead atoms. The Morgan fingerprint density at radius 2 is 2.08 bits per heavy atom. The number of fused-ring (bicyclic) bond motifs is 5. The van der Waals surface area contributed by atoms with E-state index < -0.39 is 0 Å². The van der Waals surface area contributed by atoms with Gasteiger partial charge in [-0.3, -0.25) is 9.89 Å². The number of carbonyl (C=O) groups is 1. The van der Waals surface area contributed by atoms with Gasteiger partial charge in [-0.05, 0) is 31.0 Å². The van der Waals surface area contributed by atoms with E-state index in [9.17, 15) is 4.79 Å². The van der Waals surface area contributed by atoms with Crippen LogP contribution in [0.2, 0.25) is 0 Å². The van der Waals surface area contributed by atoms with Gasteiger partial charge >= 0.3 is 0 Å². The van der Waals surface area contributed by atoms with Crippen molar-refractivity contribution in [2.24, 2.45) is 0 Å². The summed E-state index contributed by atoms with van der Waals surface area (Å²) in [4.78, 5) is 17.0. The molecule has 6 nitrogen and oxygen atoms in total. The highest BCUT2D eigenvalue weighted by Crippen LogP contribution is 2.30. The van der Waals surface area contributed by atoms with Gasteiger partial charge in [-0.15, -0.1) is 0 Å². The number of aliphatic hydroxyl groups excluding tert-OH is 1. The van der Waals surface area contributed by atoms with Crippen molar-refractivity contribution in [1.82, 2.24) is 20.5 Å². The molecule has 0 aliphatic carbocycles. The molecule has 4 N–H and O–H groups in total. The van der Waals surface area contributed by atoms with E-state index in [1.807, 2.05) is 30.5 Å². The molecule has 0 radical (unpaired) electrons. The summed E-state index contributed by atoms with van der Waals surface area (Å²) in [5.74, 6) is -0.0986. The molecule has 0 fully saturated rings. The van der Waals surface area contributed by atoms with Gasteiger partial charge in [0.1, 0.15) is 0 Å². The zero-order valence-corrected chi connectivity index (χ0v) is 13.1. The van der Waals surface area contributed by atoms with E-state index in [0.29, 0.717) is 18.5 Å². The second-order valence-corrected chi connectivity index (χ2v) is 5.87. The number of hydrogen-bond acceptors (Lipinski definition) is 3. The molecule has 1 amide bonds. The van der Waals surface area contributed by atoms with Gasteiger partial charge in [-0.1, -0.05) is 12.1 Å². The highest BCUT2D eigenvalue weighted by atomic mass is 16.2. The number of aliphatic hydroxyl groups is 1. The van der Waals surface area contributed by atoms with Crippen LogP contribution in [0.15, 0.2) is 36.5 Å². The van der Waals surface area contributed by atoms with Crippen molar-refractivity contribution in [3.05, 3.63) is 42.1 Å². The maximum atomic E-state index is 12.3. The van der Waals surface area contributed by atoms with Crippen molar-refractivity contribution in [2.75, 3.05) is 13.2 Å². The zero-order valence-electron chi connectivity index (χ0n) is 13.1. The zero-order chi connectivity index (χ0) is 16.5. The van der Waals surface area contributed by atoms with Crippen LogP contribution in [0.3, 0.4) is 0 Å². The molecule has 6 heteroatoms. The summed E-state index contributed by atoms with van der Waals surface area (Å²) in [5, 5.41) is 20.8. The minimum atomic E-state index is -0.0986. The number of aromatic amines is 2. The third-order valence-electron chi connectivity index (χ3n) is 4.29. The number of rotatable bonds is 5. The van der Waals surface area contributed by atoms with Gasteiger partial charge in [0.05, 0.1) is 16.6 Å². The predicted molar refractivity (Wildman–Crippen MR) is 94.1 cm³/mol. The van der Waals surface area contributed by atoms with E-state index in [4.69, 9.17) is 10.1 Å². The Kier molecular flexibility index (Phi) is 3.66. The maximum absolute atomic E-state index is 12.3. The molecule has 24 heavy (non-hydrogen) atoms. The van der Waals surface area contributed by atoms with Gasteiger partial charge in [-0.25, -0.2) is 4.98 Å². The molecule has 0 aliphatic rings. The molecular formula is C18H18N4O2. The molecule has 2 aromatic carbocycles. The van der Waals surface area contributed by atoms with Crippen LogP contribution in [0.1, 0.15) is 23.2 Å². The van der Waals surface area contributed by atoms with E-state index in [1.54, 1.807) is 6.07 Å². The van der Waals surface area contributed by atoms with Crippen molar-refractivity contribution in [3.63, 3.8) is 0 Å². The Hall–Kier alpha value is -2.86. The average Bonchev–Trinajstić information content (AvgIpc) is 3.21. The number of H-pyrrole nitrogens is 2. The normalized spacial score (nSPS) is 11.5. The number of benzene rings is 2. The van der Waals surface area contributed by atoms with Crippen molar-refractivity contribution in [3.8, 4) is 0 Å². The lowest BCUT2D eigenvalue weighted by molar-refractivity contribution is 0.0952. The van der Waals surface area contributed by atoms with Crippen molar-refractivity contribution < 1.29 is 9.90 Å². The lowest BCUT2D eigenvalue weighted by Crippen LogP contribution is -2.24. The molecular weight excluding hydrogens is 304 g/mol. The van der Waals surface area contributed by atoms with Gasteiger partial charge in [0.25, 0.3) is 5.91 Å². The summed E-state index contributed by atoms with van der Waals surface area (Å²) in [5.41, 5.74) is 3.38. The Morgan fingerprint density at radius 3 is 2.96 bits per heavy atom. The van der Waals surface area contributed by atoms with Crippen LogP contribution < -0.4 is 5.32 Å². The first-order valence-corrected chi connectivity index (χ1v) is 8.05. The van der Waals surface area contributed by atoms with Crippen LogP contribution in [0, 0.1) is 0 Å². The van der Waals surface area contributed by atoms with E-state index in [2.05, 4.69) is 15.5 Å². The summed E-state index contributed by atoms with van der Waals surface area (Å²) in [7, 11) is 0. The minimum absolute atomic E-state index is 0.0986. The van der Waals surface area contributed by atoms with Gasteiger partial charge in [0.15, 0.2) is 0 Å². The second-order valence-electron chi connectivity index (χ2n) is 5.87. The number of unbranched alkanes of at least 4 members (excludes halogenated alkanes) is 1. The highest BCUT2D eigenvalue weighted by Gasteiger charge is 2.12. The summed E-state index contributed by atoms with van der Waals surface area (Å²) in [6.45, 7) is 0.716. The monoisotopic (exact) mass is 322 g/mol. The molecule has 2 heterocycles. The van der Waals surface area contributed by atoms with Gasteiger partial charge in [-0.2, -0.15) is 0 Å².